The number of aliphatic hydroxyl groups is 1. The van der Waals surface area contributed by atoms with E-state index in [1.807, 2.05) is 103 Å². The Balaban J connectivity index is 0.985. The van der Waals surface area contributed by atoms with Crippen molar-refractivity contribution < 1.29 is 24.1 Å². The molecule has 53 heavy (non-hydrogen) atoms. The number of benzene rings is 5. The second-order valence-corrected chi connectivity index (χ2v) is 13.9. The summed E-state index contributed by atoms with van der Waals surface area (Å²) in [5, 5.41) is 24.5. The molecule has 2 heterocycles. The van der Waals surface area contributed by atoms with Gasteiger partial charge < -0.3 is 34.5 Å². The minimum absolute atomic E-state index is 0.00717. The number of hydrogen-bond donors (Lipinski definition) is 3. The van der Waals surface area contributed by atoms with Crippen molar-refractivity contribution in [3.8, 4) is 22.6 Å². The number of anilines is 1. The Morgan fingerprint density at radius 2 is 1.57 bits per heavy atom. The van der Waals surface area contributed by atoms with Gasteiger partial charge in [0.15, 0.2) is 11.4 Å². The lowest BCUT2D eigenvalue weighted by Gasteiger charge is -2.41. The van der Waals surface area contributed by atoms with Crippen molar-refractivity contribution in [2.24, 2.45) is 13.0 Å². The van der Waals surface area contributed by atoms with Crippen LogP contribution < -0.4 is 15.4 Å². The Hall–Kier alpha value is -5.46. The van der Waals surface area contributed by atoms with Crippen LogP contribution in [0.2, 0.25) is 0 Å². The van der Waals surface area contributed by atoms with Crippen LogP contribution >= 0.6 is 11.8 Å². The average Bonchev–Trinajstić information content (AvgIpc) is 3.62. The van der Waals surface area contributed by atoms with Gasteiger partial charge in [0, 0.05) is 36.5 Å². The number of carbonyl (C=O) groups excluding carboxylic acids is 1. The smallest absolute Gasteiger partial charge is 0.319 e. The number of carbonyl (C=O) groups is 1. The van der Waals surface area contributed by atoms with E-state index in [-0.39, 0.29) is 30.8 Å². The van der Waals surface area contributed by atoms with Crippen LogP contribution in [0.3, 0.4) is 0 Å². The average molecular weight is 728 g/mol. The molecule has 1 fully saturated rings. The number of amides is 2. The number of nitrogens with zero attached hydrogens (tertiary/aromatic N) is 3. The number of ether oxygens (including phenoxy) is 3. The highest BCUT2D eigenvalue weighted by Gasteiger charge is 2.38. The van der Waals surface area contributed by atoms with E-state index >= 15 is 0 Å². The molecule has 0 radical (unpaired) electrons. The number of aryl methyl sites for hydroxylation is 1. The molecule has 10 nitrogen and oxygen atoms in total. The number of aliphatic hydroxyl groups excluding tert-OH is 1. The number of urea groups is 1. The van der Waals surface area contributed by atoms with Gasteiger partial charge in [-0.3, -0.25) is 0 Å². The topological polar surface area (TPSA) is 120 Å². The second kappa shape index (κ2) is 16.9. The van der Waals surface area contributed by atoms with Gasteiger partial charge in [0.1, 0.15) is 17.8 Å². The van der Waals surface area contributed by atoms with Crippen LogP contribution in [-0.4, -0.2) is 37.8 Å². The summed E-state index contributed by atoms with van der Waals surface area (Å²) in [5.41, 5.74) is 6.52. The van der Waals surface area contributed by atoms with Crippen molar-refractivity contribution in [2.45, 2.75) is 43.7 Å². The van der Waals surface area contributed by atoms with Gasteiger partial charge in [-0.15, -0.1) is 10.2 Å². The highest BCUT2D eigenvalue weighted by molar-refractivity contribution is 7.99. The Kier molecular flexibility index (Phi) is 11.5. The monoisotopic (exact) mass is 727 g/mol. The van der Waals surface area contributed by atoms with E-state index in [0.717, 1.165) is 44.3 Å². The zero-order valence-electron chi connectivity index (χ0n) is 29.5. The maximum atomic E-state index is 12.7. The van der Waals surface area contributed by atoms with Gasteiger partial charge in [0.05, 0.1) is 18.8 Å². The van der Waals surface area contributed by atoms with E-state index in [9.17, 15) is 9.90 Å². The van der Waals surface area contributed by atoms with Gasteiger partial charge in [-0.2, -0.15) is 0 Å². The molecule has 4 atom stereocenters. The van der Waals surface area contributed by atoms with E-state index in [4.69, 9.17) is 14.2 Å². The Labute approximate surface area is 313 Å². The second-order valence-electron chi connectivity index (χ2n) is 12.9. The van der Waals surface area contributed by atoms with Crippen LogP contribution in [0.15, 0.2) is 139 Å². The molecule has 1 saturated heterocycles. The number of thioether (sulfide) groups is 1. The number of hydrogen-bond acceptors (Lipinski definition) is 8. The minimum Gasteiger partial charge on any atom is -0.457 e. The highest BCUT2D eigenvalue weighted by Crippen LogP contribution is 2.43. The first-order valence-corrected chi connectivity index (χ1v) is 18.4. The molecule has 1 aromatic heterocycles. The first-order chi connectivity index (χ1) is 25.9. The summed E-state index contributed by atoms with van der Waals surface area (Å²) in [5.74, 6) is 2.18. The first kappa shape index (κ1) is 35.9. The number of nitrogens with one attached hydrogen (secondary N) is 2. The maximum Gasteiger partial charge on any atom is 0.319 e. The largest absolute Gasteiger partial charge is 0.457 e. The van der Waals surface area contributed by atoms with Crippen molar-refractivity contribution in [2.75, 3.05) is 11.1 Å². The van der Waals surface area contributed by atoms with Crippen LogP contribution in [-0.2, 0) is 29.7 Å². The fourth-order valence-electron chi connectivity index (χ4n) is 6.15. The zero-order chi connectivity index (χ0) is 36.6. The van der Waals surface area contributed by atoms with Gasteiger partial charge in [-0.1, -0.05) is 104 Å². The van der Waals surface area contributed by atoms with Crippen LogP contribution in [0.5, 0.6) is 11.5 Å². The third-order valence-corrected chi connectivity index (χ3v) is 10.3. The van der Waals surface area contributed by atoms with Gasteiger partial charge in [0.25, 0.3) is 0 Å². The molecule has 0 bridgehead atoms. The van der Waals surface area contributed by atoms with Crippen molar-refractivity contribution in [3.63, 3.8) is 0 Å². The number of aromatic nitrogens is 3. The molecule has 7 rings (SSSR count). The summed E-state index contributed by atoms with van der Waals surface area (Å²) in [6.45, 7) is 2.51. The van der Waals surface area contributed by atoms with E-state index in [1.165, 1.54) is 0 Å². The molecule has 1 aliphatic rings. The standard InChI is InChI=1S/C42H41N5O5S/c1-28-38(26-53-42-46-44-27-47(42)2)51-40(52-39(28)32-13-11-29(25-48)12-14-32)33-17-15-31(16-18-33)34-8-6-7-30(23-34)24-43-41(49)45-35-19-21-37(22-20-35)50-36-9-4-3-5-10-36/h3-23,27-28,38-40,48H,24-26H2,1-2H3,(H2,43,45,49)/t28-,38+,39+,40+/m1/s1. The molecular formula is C42H41N5O5S. The van der Waals surface area contributed by atoms with Gasteiger partial charge in [0.2, 0.25) is 0 Å². The van der Waals surface area contributed by atoms with Crippen LogP contribution in [0.4, 0.5) is 10.5 Å². The summed E-state index contributed by atoms with van der Waals surface area (Å²) in [6.07, 6.45) is 0.794. The molecule has 270 valence electrons. The van der Waals surface area contributed by atoms with E-state index in [2.05, 4.69) is 52.0 Å². The molecule has 0 saturated carbocycles. The molecule has 2 amide bonds. The Bertz CT molecular complexity index is 2090. The summed E-state index contributed by atoms with van der Waals surface area (Å²) in [7, 11) is 1.93. The quantitative estimate of drug-likeness (QED) is 0.107. The highest BCUT2D eigenvalue weighted by atomic mass is 32.2. The number of para-hydroxylation sites is 1. The summed E-state index contributed by atoms with van der Waals surface area (Å²) in [6, 6.07) is 40.8. The van der Waals surface area contributed by atoms with Crippen LogP contribution in [0.1, 0.15) is 41.6 Å². The third-order valence-electron chi connectivity index (χ3n) is 9.16. The molecule has 5 aromatic carbocycles. The molecule has 0 unspecified atom stereocenters. The SMILES string of the molecule is C[C@@H]1[C@H](CSc2nncn2C)O[C@H](c2ccc(-c3cccc(CNC(=O)Nc4ccc(Oc5ccccc5)cc4)c3)cc2)O[C@@H]1c1ccc(CO)cc1. The lowest BCUT2D eigenvalue weighted by atomic mass is 9.91. The molecule has 11 heteroatoms. The van der Waals surface area contributed by atoms with Crippen molar-refractivity contribution >= 4 is 23.5 Å². The third kappa shape index (κ3) is 9.13. The van der Waals surface area contributed by atoms with Gasteiger partial charge in [-0.25, -0.2) is 4.79 Å². The Morgan fingerprint density at radius 3 is 2.28 bits per heavy atom. The summed E-state index contributed by atoms with van der Waals surface area (Å²) in [4.78, 5) is 12.7. The van der Waals surface area contributed by atoms with Crippen LogP contribution in [0, 0.1) is 5.92 Å². The first-order valence-electron chi connectivity index (χ1n) is 17.5. The summed E-state index contributed by atoms with van der Waals surface area (Å²) >= 11 is 1.61. The molecule has 0 aliphatic carbocycles. The molecule has 6 aromatic rings. The predicted molar refractivity (Wildman–Crippen MR) is 205 cm³/mol. The molecule has 0 spiro atoms. The van der Waals surface area contributed by atoms with E-state index < -0.39 is 6.29 Å². The van der Waals surface area contributed by atoms with Gasteiger partial charge in [-0.05, 0) is 70.3 Å². The maximum absolute atomic E-state index is 12.7. The zero-order valence-corrected chi connectivity index (χ0v) is 30.3. The molecule has 3 N–H and O–H groups in total. The predicted octanol–water partition coefficient (Wildman–Crippen LogP) is 8.67. The lowest BCUT2D eigenvalue weighted by Crippen LogP contribution is -2.38. The van der Waals surface area contributed by atoms with Crippen molar-refractivity contribution in [1.29, 1.82) is 0 Å². The van der Waals surface area contributed by atoms with E-state index in [1.54, 1.807) is 30.2 Å². The molecular weight excluding hydrogens is 687 g/mol. The van der Waals surface area contributed by atoms with E-state index in [0.29, 0.717) is 23.7 Å². The summed E-state index contributed by atoms with van der Waals surface area (Å²) < 4.78 is 21.0. The minimum atomic E-state index is -0.575. The fourth-order valence-corrected chi connectivity index (χ4v) is 7.20. The lowest BCUT2D eigenvalue weighted by molar-refractivity contribution is -0.268. The van der Waals surface area contributed by atoms with Crippen LogP contribution in [0.25, 0.3) is 11.1 Å². The molecule has 1 aliphatic heterocycles. The van der Waals surface area contributed by atoms with Crippen molar-refractivity contribution in [3.05, 3.63) is 156 Å². The Morgan fingerprint density at radius 1 is 0.830 bits per heavy atom. The fraction of sp³-hybridized carbons (Fsp3) is 0.214. The normalized spacial score (nSPS) is 18.3. The van der Waals surface area contributed by atoms with Crippen molar-refractivity contribution in [1.82, 2.24) is 20.1 Å². The number of rotatable bonds is 12. The van der Waals surface area contributed by atoms with Gasteiger partial charge >= 0.3 is 6.03 Å².